The van der Waals surface area contributed by atoms with Crippen molar-refractivity contribution < 1.29 is 14.3 Å². The van der Waals surface area contributed by atoms with E-state index in [9.17, 15) is 9.59 Å². The van der Waals surface area contributed by atoms with E-state index in [0.29, 0.717) is 31.4 Å². The Balaban J connectivity index is 0.00000240. The Hall–Kier alpha value is -1.79. The lowest BCUT2D eigenvalue weighted by Gasteiger charge is -2.34. The van der Waals surface area contributed by atoms with Crippen LogP contribution in [0.3, 0.4) is 0 Å². The molecule has 3 aliphatic rings. The molecule has 1 atom stereocenters. The van der Waals surface area contributed by atoms with Crippen LogP contribution < -0.4 is 15.0 Å². The highest BCUT2D eigenvalue weighted by molar-refractivity contribution is 6.01. The Kier molecular flexibility index (Phi) is 7.41. The fraction of sp³-hybridized carbons (Fsp3) is 0.636. The number of amides is 2. The summed E-state index contributed by atoms with van der Waals surface area (Å²) in [6.45, 7) is 5.64. The Morgan fingerprint density at radius 2 is 1.90 bits per heavy atom. The first-order chi connectivity index (χ1) is 13.7. The van der Waals surface area contributed by atoms with Crippen molar-refractivity contribution >= 4 is 29.9 Å². The van der Waals surface area contributed by atoms with Gasteiger partial charge in [0.05, 0.1) is 18.2 Å². The molecule has 0 bridgehead atoms. The molecule has 0 spiro atoms. The molecule has 29 heavy (non-hydrogen) atoms. The van der Waals surface area contributed by atoms with E-state index in [-0.39, 0.29) is 30.1 Å². The minimum absolute atomic E-state index is 0. The van der Waals surface area contributed by atoms with Crippen LogP contribution in [0, 0.1) is 11.8 Å². The fourth-order valence-corrected chi connectivity index (χ4v) is 4.28. The maximum Gasteiger partial charge on any atom is 0.228 e. The molecule has 1 saturated carbocycles. The standard InChI is InChI=1S/C22H31N3O3.ClH/c1-2-28-20-6-4-3-5-19(20)25-15-17(13-21(25)26)22(27)24-11-9-18(10-12-24)23-14-16-7-8-16;/h3-6,16-18,23H,2,7-15H2,1H3;1H. The zero-order chi connectivity index (χ0) is 19.5. The lowest BCUT2D eigenvalue weighted by atomic mass is 10.0. The first-order valence-electron chi connectivity index (χ1n) is 10.7. The topological polar surface area (TPSA) is 61.9 Å². The van der Waals surface area contributed by atoms with Gasteiger partial charge in [-0.05, 0) is 57.2 Å². The molecule has 1 aromatic carbocycles. The zero-order valence-corrected chi connectivity index (χ0v) is 18.0. The first kappa shape index (κ1) is 21.9. The predicted octanol–water partition coefficient (Wildman–Crippen LogP) is 2.85. The molecule has 3 fully saturated rings. The van der Waals surface area contributed by atoms with Gasteiger partial charge in [-0.2, -0.15) is 0 Å². The Labute approximate surface area is 179 Å². The Morgan fingerprint density at radius 3 is 2.59 bits per heavy atom. The predicted molar refractivity (Wildman–Crippen MR) is 116 cm³/mol. The molecular weight excluding hydrogens is 390 g/mol. The third-order valence-electron chi connectivity index (χ3n) is 6.13. The number of benzene rings is 1. The second kappa shape index (κ2) is 9.81. The van der Waals surface area contributed by atoms with Crippen molar-refractivity contribution in [3.8, 4) is 5.75 Å². The van der Waals surface area contributed by atoms with Crippen molar-refractivity contribution in [1.82, 2.24) is 10.2 Å². The normalized spacial score (nSPS) is 22.5. The second-order valence-electron chi connectivity index (χ2n) is 8.26. The number of para-hydroxylation sites is 2. The number of nitrogens with one attached hydrogen (secondary N) is 1. The fourth-order valence-electron chi connectivity index (χ4n) is 4.28. The molecule has 1 aliphatic carbocycles. The average molecular weight is 422 g/mol. The van der Waals surface area contributed by atoms with Gasteiger partial charge in [0.1, 0.15) is 5.75 Å². The number of halogens is 1. The molecule has 2 amide bonds. The van der Waals surface area contributed by atoms with Crippen LogP contribution in [0.2, 0.25) is 0 Å². The van der Waals surface area contributed by atoms with E-state index in [1.807, 2.05) is 36.1 Å². The smallest absolute Gasteiger partial charge is 0.228 e. The van der Waals surface area contributed by atoms with Crippen LogP contribution in [0.5, 0.6) is 5.75 Å². The summed E-state index contributed by atoms with van der Waals surface area (Å²) >= 11 is 0. The van der Waals surface area contributed by atoms with Crippen molar-refractivity contribution in [2.24, 2.45) is 11.8 Å². The van der Waals surface area contributed by atoms with E-state index >= 15 is 0 Å². The summed E-state index contributed by atoms with van der Waals surface area (Å²) in [5.41, 5.74) is 0.771. The SMILES string of the molecule is CCOc1ccccc1N1CC(C(=O)N2CCC(NCC3CC3)CC2)CC1=O.Cl. The highest BCUT2D eigenvalue weighted by Gasteiger charge is 2.39. The van der Waals surface area contributed by atoms with Crippen LogP contribution in [0.1, 0.15) is 39.0 Å². The molecule has 0 radical (unpaired) electrons. The lowest BCUT2D eigenvalue weighted by molar-refractivity contribution is -0.136. The summed E-state index contributed by atoms with van der Waals surface area (Å²) in [6.07, 6.45) is 5.04. The van der Waals surface area contributed by atoms with Crippen molar-refractivity contribution in [3.63, 3.8) is 0 Å². The van der Waals surface area contributed by atoms with E-state index < -0.39 is 0 Å². The van der Waals surface area contributed by atoms with Crippen molar-refractivity contribution in [2.45, 2.75) is 45.1 Å². The number of rotatable bonds is 7. The van der Waals surface area contributed by atoms with E-state index in [0.717, 1.165) is 44.1 Å². The highest BCUT2D eigenvalue weighted by Crippen LogP contribution is 2.34. The molecule has 1 N–H and O–H groups in total. The molecular formula is C22H32ClN3O3. The Bertz CT molecular complexity index is 717. The molecule has 2 aliphatic heterocycles. The van der Waals surface area contributed by atoms with E-state index in [4.69, 9.17) is 4.74 Å². The van der Waals surface area contributed by atoms with Crippen LogP contribution in [-0.2, 0) is 9.59 Å². The number of hydrogen-bond acceptors (Lipinski definition) is 4. The highest BCUT2D eigenvalue weighted by atomic mass is 35.5. The van der Waals surface area contributed by atoms with Crippen LogP contribution in [0.4, 0.5) is 5.69 Å². The number of nitrogens with zero attached hydrogens (tertiary/aromatic N) is 2. The molecule has 1 unspecified atom stereocenters. The van der Waals surface area contributed by atoms with E-state index in [2.05, 4.69) is 5.32 Å². The van der Waals surface area contributed by atoms with Gasteiger partial charge < -0.3 is 19.9 Å². The molecule has 0 aromatic heterocycles. The summed E-state index contributed by atoms with van der Waals surface area (Å²) in [5, 5.41) is 3.65. The van der Waals surface area contributed by atoms with Crippen molar-refractivity contribution in [3.05, 3.63) is 24.3 Å². The Morgan fingerprint density at radius 1 is 1.17 bits per heavy atom. The summed E-state index contributed by atoms with van der Waals surface area (Å²) in [7, 11) is 0. The van der Waals surface area contributed by atoms with E-state index in [1.165, 1.54) is 12.8 Å². The molecule has 4 rings (SSSR count). The number of likely N-dealkylation sites (tertiary alicyclic amines) is 1. The van der Waals surface area contributed by atoms with Gasteiger partial charge >= 0.3 is 0 Å². The van der Waals surface area contributed by atoms with Gasteiger partial charge in [0.15, 0.2) is 0 Å². The zero-order valence-electron chi connectivity index (χ0n) is 17.1. The lowest BCUT2D eigenvalue weighted by Crippen LogP contribution is -2.47. The van der Waals surface area contributed by atoms with Gasteiger partial charge in [-0.25, -0.2) is 0 Å². The summed E-state index contributed by atoms with van der Waals surface area (Å²) in [6, 6.07) is 8.11. The van der Waals surface area contributed by atoms with Gasteiger partial charge in [-0.15, -0.1) is 12.4 Å². The molecule has 2 saturated heterocycles. The molecule has 1 aromatic rings. The monoisotopic (exact) mass is 421 g/mol. The van der Waals surface area contributed by atoms with Crippen LogP contribution in [-0.4, -0.2) is 55.5 Å². The molecule has 6 nitrogen and oxygen atoms in total. The number of anilines is 1. The number of ether oxygens (including phenoxy) is 1. The maximum absolute atomic E-state index is 13.0. The molecule has 7 heteroatoms. The van der Waals surface area contributed by atoms with Gasteiger partial charge in [-0.3, -0.25) is 9.59 Å². The number of carbonyl (C=O) groups excluding carboxylic acids is 2. The average Bonchev–Trinajstić information content (AvgIpc) is 3.47. The third kappa shape index (κ3) is 5.23. The molecule has 160 valence electrons. The minimum Gasteiger partial charge on any atom is -0.492 e. The van der Waals surface area contributed by atoms with Crippen LogP contribution in [0.15, 0.2) is 24.3 Å². The third-order valence-corrected chi connectivity index (χ3v) is 6.13. The number of carbonyl (C=O) groups is 2. The largest absolute Gasteiger partial charge is 0.492 e. The van der Waals surface area contributed by atoms with Crippen LogP contribution in [0.25, 0.3) is 0 Å². The summed E-state index contributed by atoms with van der Waals surface area (Å²) < 4.78 is 5.67. The summed E-state index contributed by atoms with van der Waals surface area (Å²) in [5.74, 6) is 1.47. The van der Waals surface area contributed by atoms with Gasteiger partial charge in [0, 0.05) is 32.1 Å². The van der Waals surface area contributed by atoms with Gasteiger partial charge in [-0.1, -0.05) is 12.1 Å². The quantitative estimate of drug-likeness (QED) is 0.735. The van der Waals surface area contributed by atoms with Crippen molar-refractivity contribution in [1.29, 1.82) is 0 Å². The number of piperidine rings is 1. The van der Waals surface area contributed by atoms with Gasteiger partial charge in [0.25, 0.3) is 0 Å². The second-order valence-corrected chi connectivity index (χ2v) is 8.26. The molecule has 2 heterocycles. The van der Waals surface area contributed by atoms with Crippen molar-refractivity contribution in [2.75, 3.05) is 37.7 Å². The van der Waals surface area contributed by atoms with Gasteiger partial charge in [0.2, 0.25) is 11.8 Å². The van der Waals surface area contributed by atoms with Crippen LogP contribution >= 0.6 is 12.4 Å². The minimum atomic E-state index is -0.252. The van der Waals surface area contributed by atoms with E-state index in [1.54, 1.807) is 4.90 Å². The first-order valence-corrected chi connectivity index (χ1v) is 10.7. The summed E-state index contributed by atoms with van der Waals surface area (Å²) in [4.78, 5) is 29.3. The maximum atomic E-state index is 13.0. The number of hydrogen-bond donors (Lipinski definition) is 1.